The van der Waals surface area contributed by atoms with Crippen LogP contribution in [0.2, 0.25) is 0 Å². The number of nitrogens with one attached hydrogen (secondary N) is 1. The number of nitrogens with zero attached hydrogens (tertiary/aromatic N) is 2. The van der Waals surface area contributed by atoms with Gasteiger partial charge in [0.1, 0.15) is 0 Å². The first-order valence-electron chi connectivity index (χ1n) is 4.62. The number of aromatic nitrogens is 2. The van der Waals surface area contributed by atoms with Crippen molar-refractivity contribution in [1.82, 2.24) is 9.55 Å². The van der Waals surface area contributed by atoms with Gasteiger partial charge < -0.3 is 15.6 Å². The van der Waals surface area contributed by atoms with Crippen LogP contribution in [-0.2, 0) is 6.18 Å². The number of imidazole rings is 1. The van der Waals surface area contributed by atoms with Crippen LogP contribution < -0.4 is 11.1 Å². The fraction of sp³-hybridized carbons (Fsp3) is 0.625. The highest BCUT2D eigenvalue weighted by molar-refractivity contribution is 5.32. The second-order valence-corrected chi connectivity index (χ2v) is 3.46. The molecule has 0 radical (unpaired) electrons. The third-order valence-electron chi connectivity index (χ3n) is 2.45. The molecule has 3 N–H and O–H groups in total. The highest BCUT2D eigenvalue weighted by Crippen LogP contribution is 2.32. The van der Waals surface area contributed by atoms with Crippen LogP contribution >= 0.6 is 0 Å². The van der Waals surface area contributed by atoms with Gasteiger partial charge in [0.25, 0.3) is 0 Å². The van der Waals surface area contributed by atoms with Crippen LogP contribution in [-0.4, -0.2) is 22.6 Å². The molecule has 1 unspecified atom stereocenters. The minimum atomic E-state index is -4.40. The molecule has 4 nitrogen and oxygen atoms in total. The lowest BCUT2D eigenvalue weighted by Gasteiger charge is -2.24. The van der Waals surface area contributed by atoms with Crippen LogP contribution in [0.1, 0.15) is 18.2 Å². The van der Waals surface area contributed by atoms with Crippen LogP contribution in [0.25, 0.3) is 0 Å². The Balaban J connectivity index is 2.37. The predicted octanol–water partition coefficient (Wildman–Crippen LogP) is 1.22. The van der Waals surface area contributed by atoms with Crippen LogP contribution in [0.3, 0.4) is 0 Å². The zero-order valence-electron chi connectivity index (χ0n) is 7.88. The van der Waals surface area contributed by atoms with E-state index in [-0.39, 0.29) is 12.0 Å². The van der Waals surface area contributed by atoms with Crippen molar-refractivity contribution in [2.24, 2.45) is 5.73 Å². The second-order valence-electron chi connectivity index (χ2n) is 3.46. The Morgan fingerprint density at radius 3 is 2.93 bits per heavy atom. The number of hydrogen-bond acceptors (Lipinski definition) is 3. The van der Waals surface area contributed by atoms with Crippen molar-refractivity contribution in [3.05, 3.63) is 11.9 Å². The molecule has 0 saturated carbocycles. The van der Waals surface area contributed by atoms with E-state index in [1.54, 1.807) is 0 Å². The van der Waals surface area contributed by atoms with E-state index in [2.05, 4.69) is 10.3 Å². The molecule has 0 fully saturated rings. The first-order valence-corrected chi connectivity index (χ1v) is 4.62. The van der Waals surface area contributed by atoms with Crippen molar-refractivity contribution in [2.75, 3.05) is 18.4 Å². The highest BCUT2D eigenvalue weighted by Gasteiger charge is 2.36. The average Bonchev–Trinajstić information content (AvgIpc) is 2.59. The van der Waals surface area contributed by atoms with E-state index in [1.807, 2.05) is 0 Å². The SMILES string of the molecule is NCC1CCNc2nc(C(F)(F)F)cn21. The van der Waals surface area contributed by atoms with Gasteiger partial charge in [-0.3, -0.25) is 0 Å². The van der Waals surface area contributed by atoms with Crippen molar-refractivity contribution in [2.45, 2.75) is 18.6 Å². The van der Waals surface area contributed by atoms with Crippen molar-refractivity contribution in [3.8, 4) is 0 Å². The minimum absolute atomic E-state index is 0.0927. The summed E-state index contributed by atoms with van der Waals surface area (Å²) in [6.07, 6.45) is -2.67. The molecule has 0 bridgehead atoms. The molecule has 0 aliphatic carbocycles. The van der Waals surface area contributed by atoms with Crippen molar-refractivity contribution in [3.63, 3.8) is 0 Å². The molecule has 2 rings (SSSR count). The molecular formula is C8H11F3N4. The van der Waals surface area contributed by atoms with E-state index >= 15 is 0 Å². The molecule has 1 atom stereocenters. The lowest BCUT2D eigenvalue weighted by Crippen LogP contribution is -2.27. The number of fused-ring (bicyclic) bond motifs is 1. The Morgan fingerprint density at radius 1 is 1.60 bits per heavy atom. The van der Waals surface area contributed by atoms with Gasteiger partial charge in [-0.2, -0.15) is 13.2 Å². The summed E-state index contributed by atoms with van der Waals surface area (Å²) in [6.45, 7) is 0.929. The Bertz CT molecular complexity index is 357. The van der Waals surface area contributed by atoms with Gasteiger partial charge in [-0.1, -0.05) is 0 Å². The van der Waals surface area contributed by atoms with E-state index in [9.17, 15) is 13.2 Å². The summed E-state index contributed by atoms with van der Waals surface area (Å²) in [7, 11) is 0. The number of nitrogens with two attached hydrogens (primary N) is 1. The second kappa shape index (κ2) is 3.41. The topological polar surface area (TPSA) is 55.9 Å². The van der Waals surface area contributed by atoms with Gasteiger partial charge in [-0.25, -0.2) is 4.98 Å². The summed E-state index contributed by atoms with van der Waals surface area (Å²) in [5, 5.41) is 2.82. The number of halogens is 3. The van der Waals surface area contributed by atoms with Crippen molar-refractivity contribution < 1.29 is 13.2 Å². The number of alkyl halides is 3. The normalized spacial score (nSPS) is 20.9. The van der Waals surface area contributed by atoms with Gasteiger partial charge in [0.15, 0.2) is 5.69 Å². The van der Waals surface area contributed by atoms with Gasteiger partial charge in [0.05, 0.1) is 6.04 Å². The molecule has 0 saturated heterocycles. The molecule has 1 aliphatic heterocycles. The monoisotopic (exact) mass is 220 g/mol. The summed E-state index contributed by atoms with van der Waals surface area (Å²) in [5.41, 5.74) is 4.61. The van der Waals surface area contributed by atoms with E-state index in [4.69, 9.17) is 5.73 Å². The van der Waals surface area contributed by atoms with Crippen molar-refractivity contribution >= 4 is 5.95 Å². The molecule has 0 amide bonds. The Labute approximate surface area is 84.3 Å². The number of rotatable bonds is 1. The molecule has 84 valence electrons. The smallest absolute Gasteiger partial charge is 0.356 e. The van der Waals surface area contributed by atoms with Gasteiger partial charge in [-0.15, -0.1) is 0 Å². The lowest BCUT2D eigenvalue weighted by molar-refractivity contribution is -0.140. The number of hydrogen-bond donors (Lipinski definition) is 2. The Kier molecular flexibility index (Phi) is 2.34. The van der Waals surface area contributed by atoms with Crippen LogP contribution in [0.4, 0.5) is 19.1 Å². The molecule has 0 aromatic carbocycles. The molecule has 7 heteroatoms. The van der Waals surface area contributed by atoms with Crippen LogP contribution in [0.5, 0.6) is 0 Å². The minimum Gasteiger partial charge on any atom is -0.356 e. The zero-order valence-corrected chi connectivity index (χ0v) is 7.88. The predicted molar refractivity (Wildman–Crippen MR) is 48.4 cm³/mol. The fourth-order valence-electron chi connectivity index (χ4n) is 1.66. The summed E-state index contributed by atoms with van der Waals surface area (Å²) in [4.78, 5) is 3.49. The van der Waals surface area contributed by atoms with E-state index in [1.165, 1.54) is 4.57 Å². The maximum atomic E-state index is 12.4. The summed E-state index contributed by atoms with van der Waals surface area (Å²) >= 11 is 0. The maximum absolute atomic E-state index is 12.4. The quantitative estimate of drug-likeness (QED) is 0.748. The van der Waals surface area contributed by atoms with E-state index in [0.29, 0.717) is 13.1 Å². The summed E-state index contributed by atoms with van der Waals surface area (Å²) < 4.78 is 38.6. The molecule has 1 aromatic rings. The lowest BCUT2D eigenvalue weighted by atomic mass is 10.2. The molecule has 0 spiro atoms. The van der Waals surface area contributed by atoms with Crippen LogP contribution in [0, 0.1) is 0 Å². The average molecular weight is 220 g/mol. The van der Waals surface area contributed by atoms with Gasteiger partial charge in [0.2, 0.25) is 5.95 Å². The van der Waals surface area contributed by atoms with Gasteiger partial charge >= 0.3 is 6.18 Å². The molecular weight excluding hydrogens is 209 g/mol. The number of anilines is 1. The van der Waals surface area contributed by atoms with Crippen molar-refractivity contribution in [1.29, 1.82) is 0 Å². The van der Waals surface area contributed by atoms with Gasteiger partial charge in [0, 0.05) is 19.3 Å². The first-order chi connectivity index (χ1) is 7.02. The fourth-order valence-corrected chi connectivity index (χ4v) is 1.66. The zero-order chi connectivity index (χ0) is 11.1. The molecule has 1 aliphatic rings. The molecule has 2 heterocycles. The highest BCUT2D eigenvalue weighted by atomic mass is 19.4. The third kappa shape index (κ3) is 1.79. The largest absolute Gasteiger partial charge is 0.434 e. The van der Waals surface area contributed by atoms with E-state index in [0.717, 1.165) is 12.6 Å². The van der Waals surface area contributed by atoms with Crippen LogP contribution in [0.15, 0.2) is 6.20 Å². The summed E-state index contributed by atoms with van der Waals surface area (Å²) in [6, 6.07) is -0.0927. The maximum Gasteiger partial charge on any atom is 0.434 e. The Hall–Kier alpha value is -1.24. The summed E-state index contributed by atoms with van der Waals surface area (Å²) in [5.74, 6) is 0.254. The Morgan fingerprint density at radius 2 is 2.33 bits per heavy atom. The molecule has 15 heavy (non-hydrogen) atoms. The standard InChI is InChI=1S/C8H11F3N4/c9-8(10,11)6-4-15-5(3-12)1-2-13-7(15)14-6/h4-5H,1-3,12H2,(H,13,14). The first kappa shape index (κ1) is 10.3. The van der Waals surface area contributed by atoms with E-state index < -0.39 is 11.9 Å². The van der Waals surface area contributed by atoms with Gasteiger partial charge in [-0.05, 0) is 6.42 Å². The molecule has 1 aromatic heterocycles. The third-order valence-corrected chi connectivity index (χ3v) is 2.45.